The van der Waals surface area contributed by atoms with Gasteiger partial charge in [0.25, 0.3) is 0 Å². The van der Waals surface area contributed by atoms with E-state index in [2.05, 4.69) is 43.9 Å². The maximum atomic E-state index is 12.3. The van der Waals surface area contributed by atoms with Gasteiger partial charge >= 0.3 is 16.8 Å². The molecule has 0 saturated heterocycles. The quantitative estimate of drug-likeness (QED) is 0.565. The molecule has 2 aromatic carbocycles. The molecule has 0 unspecified atom stereocenters. The second kappa shape index (κ2) is 7.17. The van der Waals surface area contributed by atoms with Gasteiger partial charge < -0.3 is 0 Å². The summed E-state index contributed by atoms with van der Waals surface area (Å²) >= 11 is 0. The Morgan fingerprint density at radius 3 is 1.42 bits per heavy atom. The van der Waals surface area contributed by atoms with Crippen LogP contribution in [0.5, 0.6) is 0 Å². The van der Waals surface area contributed by atoms with E-state index in [-0.39, 0.29) is 22.3 Å². The van der Waals surface area contributed by atoms with Crippen LogP contribution in [0.2, 0.25) is 19.6 Å². The average molecular weight is 325 g/mol. The Bertz CT molecular complexity index is 389. The van der Waals surface area contributed by atoms with Crippen molar-refractivity contribution in [2.45, 2.75) is 32.5 Å². The first-order chi connectivity index (χ1) is 8.21. The Morgan fingerprint density at radius 2 is 1.21 bits per heavy atom. The number of rotatable bonds is 2. The maximum absolute atomic E-state index is 12.3. The number of hydrogen-bond acceptors (Lipinski definition) is 0. The van der Waals surface area contributed by atoms with Crippen LogP contribution in [-0.4, -0.2) is 8.07 Å². The van der Waals surface area contributed by atoms with Gasteiger partial charge in [-0.05, 0) is 6.92 Å². The molecule has 0 N–H and O–H groups in total. The third-order valence-corrected chi connectivity index (χ3v) is 4.76. The first-order valence-corrected chi connectivity index (χ1v) is 9.53. The van der Waals surface area contributed by atoms with E-state index in [9.17, 15) is 8.78 Å². The Balaban J connectivity index is 0.000000324. The zero-order valence-electron chi connectivity index (χ0n) is 11.7. The van der Waals surface area contributed by atoms with Gasteiger partial charge in [-0.2, -0.15) is 29.5 Å². The second-order valence-electron chi connectivity index (χ2n) is 5.49. The van der Waals surface area contributed by atoms with Gasteiger partial charge in [0.2, 0.25) is 5.92 Å². The van der Waals surface area contributed by atoms with E-state index >= 15 is 0 Å². The van der Waals surface area contributed by atoms with Crippen LogP contribution < -0.4 is 5.19 Å². The maximum Gasteiger partial charge on any atom is 2.00 e. The van der Waals surface area contributed by atoms with Gasteiger partial charge in [-0.15, -0.1) is 0 Å². The van der Waals surface area contributed by atoms with Gasteiger partial charge in [-0.3, -0.25) is 0 Å². The molecule has 107 valence electrons. The largest absolute Gasteiger partial charge is 2.00 e. The van der Waals surface area contributed by atoms with E-state index in [1.54, 1.807) is 17.3 Å². The smallest absolute Gasteiger partial charge is 0.216 e. The zero-order valence-corrected chi connectivity index (χ0v) is 13.7. The minimum atomic E-state index is -2.68. The van der Waals surface area contributed by atoms with Crippen LogP contribution >= 0.6 is 0 Å². The third kappa shape index (κ3) is 6.32. The fraction of sp³-hybridized carbons (Fsp3) is 0.333. The summed E-state index contributed by atoms with van der Waals surface area (Å²) in [4.78, 5) is 0. The summed E-state index contributed by atoms with van der Waals surface area (Å²) in [6.45, 7) is 7.98. The molecule has 0 aliphatic rings. The van der Waals surface area contributed by atoms with Crippen molar-refractivity contribution >= 4 is 13.3 Å². The molecule has 1 radical (unpaired) electrons. The van der Waals surface area contributed by atoms with Crippen LogP contribution in [-0.2, 0) is 22.7 Å². The fourth-order valence-corrected chi connectivity index (χ4v) is 2.73. The molecule has 0 aliphatic carbocycles. The number of hydrogen-bond donors (Lipinski definition) is 0. The van der Waals surface area contributed by atoms with Crippen LogP contribution in [0.25, 0.3) is 0 Å². The molecule has 0 amide bonds. The van der Waals surface area contributed by atoms with E-state index in [4.69, 9.17) is 0 Å². The van der Waals surface area contributed by atoms with Crippen molar-refractivity contribution in [1.29, 1.82) is 0 Å². The topological polar surface area (TPSA) is 0 Å². The van der Waals surface area contributed by atoms with Crippen molar-refractivity contribution in [2.24, 2.45) is 0 Å². The van der Waals surface area contributed by atoms with Crippen LogP contribution in [0.15, 0.2) is 48.5 Å². The first kappa shape index (κ1) is 18.3. The minimum Gasteiger partial charge on any atom is -0.216 e. The van der Waals surface area contributed by atoms with Gasteiger partial charge in [-0.1, -0.05) is 25.2 Å². The van der Waals surface area contributed by atoms with Gasteiger partial charge in [0.15, 0.2) is 0 Å². The van der Waals surface area contributed by atoms with Crippen molar-refractivity contribution in [1.82, 2.24) is 0 Å². The molecular weight excluding hydrogens is 305 g/mol. The van der Waals surface area contributed by atoms with Crippen molar-refractivity contribution in [3.05, 3.63) is 54.1 Å². The van der Waals surface area contributed by atoms with E-state index < -0.39 is 14.0 Å². The van der Waals surface area contributed by atoms with Crippen LogP contribution in [0.1, 0.15) is 12.5 Å². The summed E-state index contributed by atoms with van der Waals surface area (Å²) in [7, 11) is -0.981. The second-order valence-corrected chi connectivity index (χ2v) is 10.6. The molecule has 0 aliphatic heterocycles. The molecule has 19 heavy (non-hydrogen) atoms. The normalized spacial score (nSPS) is 11.3. The average Bonchev–Trinajstić information content (AvgIpc) is 2.91. The SMILES string of the molecule is CC(F)(F)[c-]1cccc1.C[Si](C)(C)[c-]1cccc1.[Co+2]. The fourth-order valence-electron chi connectivity index (χ4n) is 1.54. The van der Waals surface area contributed by atoms with Crippen LogP contribution in [0, 0.1) is 0 Å². The van der Waals surface area contributed by atoms with Gasteiger partial charge in [-0.25, -0.2) is 33.0 Å². The Labute approximate surface area is 125 Å². The molecule has 0 aromatic heterocycles. The summed E-state index contributed by atoms with van der Waals surface area (Å²) in [6.07, 6.45) is 0. The van der Waals surface area contributed by atoms with Crippen LogP contribution in [0.4, 0.5) is 8.78 Å². The molecule has 2 rings (SSSR count). The minimum absolute atomic E-state index is 0. The van der Waals surface area contributed by atoms with Crippen molar-refractivity contribution in [3.8, 4) is 0 Å². The Hall–Kier alpha value is -0.717. The molecule has 0 saturated carbocycles. The Morgan fingerprint density at radius 1 is 0.842 bits per heavy atom. The zero-order chi connectivity index (χ0) is 13.8. The van der Waals surface area contributed by atoms with Gasteiger partial charge in [0.05, 0.1) is 0 Å². The molecule has 0 bridgehead atoms. The summed E-state index contributed by atoms with van der Waals surface area (Å²) in [5.41, 5.74) is 0.0856. The molecule has 0 nitrogen and oxygen atoms in total. The monoisotopic (exact) mass is 325 g/mol. The predicted molar refractivity (Wildman–Crippen MR) is 76.6 cm³/mol. The van der Waals surface area contributed by atoms with Gasteiger partial charge in [0.1, 0.15) is 0 Å². The van der Waals surface area contributed by atoms with E-state index in [0.717, 1.165) is 6.92 Å². The van der Waals surface area contributed by atoms with Crippen molar-refractivity contribution in [2.75, 3.05) is 0 Å². The predicted octanol–water partition coefficient (Wildman–Crippen LogP) is 4.47. The Kier molecular flexibility index (Phi) is 6.90. The summed E-state index contributed by atoms with van der Waals surface area (Å²) in [5, 5.41) is 1.56. The summed E-state index contributed by atoms with van der Waals surface area (Å²) < 4.78 is 24.6. The van der Waals surface area contributed by atoms with Crippen molar-refractivity contribution < 1.29 is 25.6 Å². The summed E-state index contributed by atoms with van der Waals surface area (Å²) in [6, 6.07) is 14.7. The van der Waals surface area contributed by atoms with E-state index in [0.29, 0.717) is 0 Å². The molecule has 0 spiro atoms. The standard InChI is InChI=1S/C8H13Si.C7H7F2.Co/c1-9(2,3)8-6-4-5-7-8;1-7(8,9)6-4-2-3-5-6;/h4-7H,1-3H3;2-5H,1H3;/q2*-1;+2. The van der Waals surface area contributed by atoms with Crippen LogP contribution in [0.3, 0.4) is 0 Å². The third-order valence-electron chi connectivity index (χ3n) is 2.70. The first-order valence-electron chi connectivity index (χ1n) is 6.03. The van der Waals surface area contributed by atoms with Crippen molar-refractivity contribution in [3.63, 3.8) is 0 Å². The molecule has 0 heterocycles. The summed E-state index contributed by atoms with van der Waals surface area (Å²) in [5.74, 6) is -2.68. The molecule has 0 atom stereocenters. The molecule has 4 heteroatoms. The molecule has 0 fully saturated rings. The molecule has 2 aromatic rings. The van der Waals surface area contributed by atoms with Gasteiger partial charge in [0, 0.05) is 8.07 Å². The number of halogens is 2. The number of alkyl halides is 2. The molecular formula is C15H20CoF2Si. The van der Waals surface area contributed by atoms with E-state index in [1.807, 2.05) is 0 Å². The van der Waals surface area contributed by atoms with E-state index in [1.165, 1.54) is 12.1 Å².